The molecule has 0 unspecified atom stereocenters. The van der Waals surface area contributed by atoms with Crippen molar-refractivity contribution in [3.8, 4) is 11.3 Å². The predicted octanol–water partition coefficient (Wildman–Crippen LogP) is 4.24. The second-order valence-electron chi connectivity index (χ2n) is 7.12. The molecule has 0 saturated carbocycles. The molecular weight excluding hydrogens is 404 g/mol. The molecule has 0 aliphatic rings. The molecule has 160 valence electrons. The van der Waals surface area contributed by atoms with E-state index in [9.17, 15) is 9.59 Å². The van der Waals surface area contributed by atoms with Gasteiger partial charge in [0.1, 0.15) is 0 Å². The van der Waals surface area contributed by atoms with E-state index in [1.807, 2.05) is 48.5 Å². The molecule has 0 aliphatic heterocycles. The van der Waals surface area contributed by atoms with Crippen LogP contribution in [0.4, 0.5) is 5.69 Å². The Labute approximate surface area is 185 Å². The SMILES string of the molecule is O=C(CCc1ncc(-c2ccccc2)o1)Nc1cccc(C(=O)NCc2ccccn2)c1. The summed E-state index contributed by atoms with van der Waals surface area (Å²) in [4.78, 5) is 33.2. The minimum Gasteiger partial charge on any atom is -0.441 e. The fourth-order valence-corrected chi connectivity index (χ4v) is 3.12. The topological polar surface area (TPSA) is 97.1 Å². The summed E-state index contributed by atoms with van der Waals surface area (Å²) in [5.41, 5.74) is 2.72. The predicted molar refractivity (Wildman–Crippen MR) is 121 cm³/mol. The van der Waals surface area contributed by atoms with Gasteiger partial charge in [-0.1, -0.05) is 42.5 Å². The first kappa shape index (κ1) is 21.0. The number of pyridine rings is 1. The quantitative estimate of drug-likeness (QED) is 0.439. The summed E-state index contributed by atoms with van der Waals surface area (Å²) in [7, 11) is 0. The lowest BCUT2D eigenvalue weighted by atomic mass is 10.1. The van der Waals surface area contributed by atoms with Gasteiger partial charge in [0, 0.05) is 35.9 Å². The monoisotopic (exact) mass is 426 g/mol. The number of nitrogens with one attached hydrogen (secondary N) is 2. The highest BCUT2D eigenvalue weighted by Gasteiger charge is 2.11. The lowest BCUT2D eigenvalue weighted by Gasteiger charge is -2.08. The van der Waals surface area contributed by atoms with Gasteiger partial charge < -0.3 is 15.1 Å². The van der Waals surface area contributed by atoms with Crippen LogP contribution in [0.15, 0.2) is 89.6 Å². The van der Waals surface area contributed by atoms with Gasteiger partial charge in [0.05, 0.1) is 18.4 Å². The molecule has 0 bridgehead atoms. The number of hydrogen-bond acceptors (Lipinski definition) is 5. The van der Waals surface area contributed by atoms with E-state index in [2.05, 4.69) is 20.6 Å². The van der Waals surface area contributed by atoms with Gasteiger partial charge in [0.25, 0.3) is 5.91 Å². The third-order valence-electron chi connectivity index (χ3n) is 4.74. The molecule has 2 aromatic carbocycles. The van der Waals surface area contributed by atoms with E-state index < -0.39 is 0 Å². The van der Waals surface area contributed by atoms with E-state index in [1.165, 1.54) is 0 Å². The highest BCUT2D eigenvalue weighted by molar-refractivity contribution is 5.97. The Balaban J connectivity index is 1.29. The molecule has 0 saturated heterocycles. The summed E-state index contributed by atoms with van der Waals surface area (Å²) in [5, 5.41) is 5.64. The van der Waals surface area contributed by atoms with E-state index >= 15 is 0 Å². The summed E-state index contributed by atoms with van der Waals surface area (Å²) in [5.74, 6) is 0.752. The summed E-state index contributed by atoms with van der Waals surface area (Å²) in [6, 6.07) is 22.0. The molecule has 0 fully saturated rings. The number of amides is 2. The van der Waals surface area contributed by atoms with Crippen LogP contribution >= 0.6 is 0 Å². The van der Waals surface area contributed by atoms with Crippen molar-refractivity contribution in [2.45, 2.75) is 19.4 Å². The second-order valence-corrected chi connectivity index (χ2v) is 7.12. The zero-order valence-corrected chi connectivity index (χ0v) is 17.3. The van der Waals surface area contributed by atoms with Crippen LogP contribution in [0.25, 0.3) is 11.3 Å². The molecule has 4 rings (SSSR count). The fourth-order valence-electron chi connectivity index (χ4n) is 3.12. The standard InChI is InChI=1S/C25H22N4O3/c30-23(12-13-24-27-17-22(32-24)18-7-2-1-3-8-18)29-20-11-6-9-19(15-20)25(31)28-16-21-10-4-5-14-26-21/h1-11,14-15,17H,12-13,16H2,(H,28,31)(H,29,30). The molecule has 32 heavy (non-hydrogen) atoms. The van der Waals surface area contributed by atoms with Gasteiger partial charge >= 0.3 is 0 Å². The van der Waals surface area contributed by atoms with Crippen molar-refractivity contribution in [2.75, 3.05) is 5.32 Å². The van der Waals surface area contributed by atoms with E-state index in [-0.39, 0.29) is 18.2 Å². The molecule has 0 spiro atoms. The van der Waals surface area contributed by atoms with Gasteiger partial charge in [0.15, 0.2) is 11.7 Å². The lowest BCUT2D eigenvalue weighted by molar-refractivity contribution is -0.116. The first-order valence-corrected chi connectivity index (χ1v) is 10.3. The molecule has 2 heterocycles. The number of rotatable bonds is 8. The van der Waals surface area contributed by atoms with Crippen molar-refractivity contribution in [1.82, 2.24) is 15.3 Å². The number of hydrogen-bond donors (Lipinski definition) is 2. The summed E-state index contributed by atoms with van der Waals surface area (Å²) in [6.07, 6.45) is 3.93. The molecule has 0 aliphatic carbocycles. The number of oxazole rings is 1. The average Bonchev–Trinajstić information content (AvgIpc) is 3.32. The number of anilines is 1. The average molecular weight is 426 g/mol. The Kier molecular flexibility index (Phi) is 6.67. The molecule has 0 radical (unpaired) electrons. The van der Waals surface area contributed by atoms with Crippen molar-refractivity contribution < 1.29 is 14.0 Å². The first-order chi connectivity index (χ1) is 15.7. The van der Waals surface area contributed by atoms with Crippen molar-refractivity contribution in [1.29, 1.82) is 0 Å². The Hall–Kier alpha value is -4.26. The van der Waals surface area contributed by atoms with Crippen LogP contribution in [0.5, 0.6) is 0 Å². The summed E-state index contributed by atoms with van der Waals surface area (Å²) < 4.78 is 5.74. The van der Waals surface area contributed by atoms with Crippen LogP contribution < -0.4 is 10.6 Å². The Morgan fingerprint density at radius 2 is 1.75 bits per heavy atom. The summed E-state index contributed by atoms with van der Waals surface area (Å²) >= 11 is 0. The number of aromatic nitrogens is 2. The lowest BCUT2D eigenvalue weighted by Crippen LogP contribution is -2.23. The highest BCUT2D eigenvalue weighted by atomic mass is 16.4. The molecule has 7 heteroatoms. The third kappa shape index (κ3) is 5.66. The zero-order chi connectivity index (χ0) is 22.2. The van der Waals surface area contributed by atoms with Crippen LogP contribution in [0.1, 0.15) is 28.4 Å². The minimum atomic E-state index is -0.236. The van der Waals surface area contributed by atoms with Crippen LogP contribution in [0, 0.1) is 0 Å². The van der Waals surface area contributed by atoms with E-state index in [4.69, 9.17) is 4.42 Å². The fraction of sp³-hybridized carbons (Fsp3) is 0.120. The molecule has 4 aromatic rings. The van der Waals surface area contributed by atoms with Crippen LogP contribution in [-0.4, -0.2) is 21.8 Å². The Bertz CT molecular complexity index is 1190. The van der Waals surface area contributed by atoms with Crippen molar-refractivity contribution in [2.24, 2.45) is 0 Å². The van der Waals surface area contributed by atoms with E-state index in [1.54, 1.807) is 36.7 Å². The molecule has 7 nitrogen and oxygen atoms in total. The van der Waals surface area contributed by atoms with E-state index in [0.29, 0.717) is 35.9 Å². The van der Waals surface area contributed by atoms with Crippen molar-refractivity contribution in [3.63, 3.8) is 0 Å². The van der Waals surface area contributed by atoms with Gasteiger partial charge in [0.2, 0.25) is 5.91 Å². The van der Waals surface area contributed by atoms with Crippen molar-refractivity contribution in [3.05, 3.63) is 102 Å². The smallest absolute Gasteiger partial charge is 0.251 e. The molecule has 2 N–H and O–H groups in total. The van der Waals surface area contributed by atoms with Gasteiger partial charge in [-0.3, -0.25) is 14.6 Å². The Morgan fingerprint density at radius 1 is 0.906 bits per heavy atom. The highest BCUT2D eigenvalue weighted by Crippen LogP contribution is 2.20. The first-order valence-electron chi connectivity index (χ1n) is 10.3. The third-order valence-corrected chi connectivity index (χ3v) is 4.74. The minimum absolute atomic E-state index is 0.185. The van der Waals surface area contributed by atoms with Gasteiger partial charge in [-0.2, -0.15) is 0 Å². The van der Waals surface area contributed by atoms with Crippen LogP contribution in [-0.2, 0) is 17.8 Å². The van der Waals surface area contributed by atoms with Crippen LogP contribution in [0.2, 0.25) is 0 Å². The second kappa shape index (κ2) is 10.2. The van der Waals surface area contributed by atoms with Gasteiger partial charge in [-0.05, 0) is 30.3 Å². The number of carbonyl (C=O) groups is 2. The molecule has 2 aromatic heterocycles. The maximum atomic E-state index is 12.4. The molecular formula is C25H22N4O3. The Morgan fingerprint density at radius 3 is 2.56 bits per heavy atom. The number of carbonyl (C=O) groups excluding carboxylic acids is 2. The number of aryl methyl sites for hydroxylation is 1. The normalized spacial score (nSPS) is 10.5. The number of benzene rings is 2. The number of nitrogens with zero attached hydrogens (tertiary/aromatic N) is 2. The molecule has 2 amide bonds. The summed E-state index contributed by atoms with van der Waals surface area (Å²) in [6.45, 7) is 0.331. The van der Waals surface area contributed by atoms with Gasteiger partial charge in [-0.25, -0.2) is 4.98 Å². The van der Waals surface area contributed by atoms with Crippen LogP contribution in [0.3, 0.4) is 0 Å². The van der Waals surface area contributed by atoms with E-state index in [0.717, 1.165) is 11.3 Å². The maximum Gasteiger partial charge on any atom is 0.251 e. The largest absolute Gasteiger partial charge is 0.441 e. The van der Waals surface area contributed by atoms with Gasteiger partial charge in [-0.15, -0.1) is 0 Å². The van der Waals surface area contributed by atoms with Crippen molar-refractivity contribution >= 4 is 17.5 Å². The zero-order valence-electron chi connectivity index (χ0n) is 17.3. The molecule has 0 atom stereocenters. The maximum absolute atomic E-state index is 12.4.